The van der Waals surface area contributed by atoms with E-state index in [9.17, 15) is 9.59 Å². The molecule has 0 saturated heterocycles. The van der Waals surface area contributed by atoms with Gasteiger partial charge in [0.1, 0.15) is 29.6 Å². The van der Waals surface area contributed by atoms with Gasteiger partial charge in [0.2, 0.25) is 0 Å². The van der Waals surface area contributed by atoms with Gasteiger partial charge in [0.25, 0.3) is 0 Å². The molecule has 0 N–H and O–H groups in total. The summed E-state index contributed by atoms with van der Waals surface area (Å²) >= 11 is 0. The molecule has 12 heteroatoms. The van der Waals surface area contributed by atoms with Crippen molar-refractivity contribution in [2.75, 3.05) is 33.0 Å². The van der Waals surface area contributed by atoms with Gasteiger partial charge in [-0.3, -0.25) is 9.98 Å². The zero-order valence-corrected chi connectivity index (χ0v) is 45.7. The van der Waals surface area contributed by atoms with Crippen LogP contribution < -0.4 is 18.9 Å². The zero-order valence-electron chi connectivity index (χ0n) is 45.7. The van der Waals surface area contributed by atoms with Crippen molar-refractivity contribution in [3.8, 4) is 45.5 Å². The maximum Gasteiger partial charge on any atom is 0.330 e. The van der Waals surface area contributed by atoms with Crippen LogP contribution in [-0.4, -0.2) is 67.4 Å². The Morgan fingerprint density at radius 3 is 1.39 bits per heavy atom. The maximum atomic E-state index is 11.2. The molecule has 0 amide bonds. The van der Waals surface area contributed by atoms with Gasteiger partial charge in [0.15, 0.2) is 0 Å². The van der Waals surface area contributed by atoms with E-state index in [-0.39, 0.29) is 11.9 Å². The molecule has 0 aliphatic carbocycles. The summed E-state index contributed by atoms with van der Waals surface area (Å²) in [5, 5.41) is 0. The van der Waals surface area contributed by atoms with Crippen molar-refractivity contribution in [1.82, 2.24) is 9.97 Å². The fraction of sp³-hybridized carbons (Fsp3) is 0.313. The Balaban J connectivity index is 1.04. The van der Waals surface area contributed by atoms with E-state index >= 15 is 0 Å². The van der Waals surface area contributed by atoms with Crippen LogP contribution in [0.4, 0.5) is 11.4 Å². The summed E-state index contributed by atoms with van der Waals surface area (Å²) in [5.74, 6) is 2.36. The van der Waals surface area contributed by atoms with Crippen LogP contribution in [0.1, 0.15) is 114 Å². The lowest BCUT2D eigenvalue weighted by Gasteiger charge is -2.13. The average molecular weight is 1060 g/mol. The molecule has 0 spiro atoms. The molecule has 1 aromatic heterocycles. The Bertz CT molecular complexity index is 3080. The predicted octanol–water partition coefficient (Wildman–Crippen LogP) is 16.1. The number of hydrogen-bond acceptors (Lipinski definition) is 12. The fourth-order valence-corrected chi connectivity index (χ4v) is 8.53. The number of rotatable bonds is 35. The molecule has 7 aromatic rings. The van der Waals surface area contributed by atoms with Gasteiger partial charge in [0.05, 0.1) is 66.8 Å². The van der Waals surface area contributed by atoms with E-state index in [2.05, 4.69) is 44.3 Å². The van der Waals surface area contributed by atoms with Crippen molar-refractivity contribution in [3.05, 3.63) is 182 Å². The Morgan fingerprint density at radius 2 is 0.886 bits per heavy atom. The molecular formula is C67H74N4O8. The zero-order chi connectivity index (χ0) is 55.1. The number of benzene rings is 6. The third-order valence-corrected chi connectivity index (χ3v) is 12.9. The van der Waals surface area contributed by atoms with Crippen LogP contribution in [0.2, 0.25) is 0 Å². The molecule has 0 aliphatic heterocycles. The van der Waals surface area contributed by atoms with E-state index in [0.717, 1.165) is 142 Å². The molecule has 0 fully saturated rings. The minimum atomic E-state index is -0.384. The normalized spacial score (nSPS) is 11.2. The number of aliphatic imine (C=N–C) groups is 2. The summed E-state index contributed by atoms with van der Waals surface area (Å²) in [4.78, 5) is 42.7. The molecule has 12 nitrogen and oxygen atoms in total. The molecule has 7 rings (SSSR count). The standard InChI is InChI=1S/C67H74N4O8/c1-4-7-8-9-10-15-41-76-60-27-22-28-61(47-60)79-50-53-29-38-62-63(46-53)71-67(55-26-21-24-52(45-55)49-69-57-32-36-59(37-33-57)75-40-17-12-14-19-43-78-65(73)6-3)66(70-62)54-25-20-23-51(44-54)48-68-56-30-34-58(35-31-56)74-39-16-11-13-18-42-77-64(72)5-2/h5-6,20-38,44-49H,2-4,7-19,39-43,50H2,1H3/b68-48+,69-49+. The van der Waals surface area contributed by atoms with Crippen molar-refractivity contribution in [2.45, 2.75) is 103 Å². The topological polar surface area (TPSA) is 140 Å². The lowest BCUT2D eigenvalue weighted by molar-refractivity contribution is -0.138. The van der Waals surface area contributed by atoms with Gasteiger partial charge in [0, 0.05) is 41.8 Å². The monoisotopic (exact) mass is 1060 g/mol. The first-order chi connectivity index (χ1) is 38.8. The van der Waals surface area contributed by atoms with Gasteiger partial charge >= 0.3 is 11.9 Å². The largest absolute Gasteiger partial charge is 0.494 e. The van der Waals surface area contributed by atoms with Crippen molar-refractivity contribution in [3.63, 3.8) is 0 Å². The Morgan fingerprint density at radius 1 is 0.443 bits per heavy atom. The molecule has 6 aromatic carbocycles. The highest BCUT2D eigenvalue weighted by molar-refractivity contribution is 5.91. The second-order valence-electron chi connectivity index (χ2n) is 19.1. The van der Waals surface area contributed by atoms with Crippen LogP contribution in [0.3, 0.4) is 0 Å². The molecule has 0 atom stereocenters. The molecule has 0 unspecified atom stereocenters. The van der Waals surface area contributed by atoms with E-state index in [1.807, 2.05) is 128 Å². The summed E-state index contributed by atoms with van der Waals surface area (Å²) in [6.07, 6.45) is 20.7. The SMILES string of the molecule is C=CC(=O)OCCCCCCOc1ccc(/N=C/c2cccc(-c3nc4ccc(COc5cccc(OCCCCCCCC)c5)cc4nc3-c3cccc(/C=N/c4ccc(OCCCCCCOC(=O)C=C)cc4)c3)c2)cc1. The van der Waals surface area contributed by atoms with Crippen molar-refractivity contribution < 1.29 is 38.0 Å². The second kappa shape index (κ2) is 33.0. The van der Waals surface area contributed by atoms with E-state index in [4.69, 9.17) is 48.4 Å². The molecule has 0 radical (unpaired) electrons. The Kier molecular flexibility index (Phi) is 24.4. The van der Waals surface area contributed by atoms with Crippen LogP contribution in [-0.2, 0) is 25.7 Å². The Hall–Kier alpha value is -8.38. The summed E-state index contributed by atoms with van der Waals surface area (Å²) < 4.78 is 34.4. The van der Waals surface area contributed by atoms with E-state index in [0.29, 0.717) is 39.6 Å². The smallest absolute Gasteiger partial charge is 0.330 e. The number of nitrogens with zero attached hydrogens (tertiary/aromatic N) is 4. The lowest BCUT2D eigenvalue weighted by atomic mass is 10.0. The second-order valence-corrected chi connectivity index (χ2v) is 19.1. The summed E-state index contributed by atoms with van der Waals surface area (Å²) in [5.41, 5.74) is 9.14. The number of carbonyl (C=O) groups excluding carboxylic acids is 2. The fourth-order valence-electron chi connectivity index (χ4n) is 8.53. The molecule has 0 aliphatic rings. The van der Waals surface area contributed by atoms with E-state index < -0.39 is 0 Å². The van der Waals surface area contributed by atoms with E-state index in [1.165, 1.54) is 44.3 Å². The lowest BCUT2D eigenvalue weighted by Crippen LogP contribution is -2.02. The quantitative estimate of drug-likeness (QED) is 0.0163. The highest BCUT2D eigenvalue weighted by Gasteiger charge is 2.15. The van der Waals surface area contributed by atoms with Crippen molar-refractivity contribution >= 4 is 46.8 Å². The van der Waals surface area contributed by atoms with Gasteiger partial charge in [-0.2, -0.15) is 0 Å². The number of unbranched alkanes of at least 4 members (excludes halogenated alkanes) is 11. The van der Waals surface area contributed by atoms with Crippen molar-refractivity contribution in [1.29, 1.82) is 0 Å². The summed E-state index contributed by atoms with van der Waals surface area (Å²) in [7, 11) is 0. The number of hydrogen-bond donors (Lipinski definition) is 0. The first-order valence-corrected chi connectivity index (χ1v) is 27.8. The van der Waals surface area contributed by atoms with Crippen LogP contribution in [0.25, 0.3) is 33.5 Å². The first-order valence-electron chi connectivity index (χ1n) is 27.8. The number of aromatic nitrogens is 2. The van der Waals surface area contributed by atoms with Crippen LogP contribution in [0, 0.1) is 0 Å². The van der Waals surface area contributed by atoms with Gasteiger partial charge in [-0.1, -0.05) is 101 Å². The number of carbonyl (C=O) groups is 2. The molecule has 79 heavy (non-hydrogen) atoms. The summed E-state index contributed by atoms with van der Waals surface area (Å²) in [6, 6.07) is 45.8. The number of esters is 2. The van der Waals surface area contributed by atoms with Gasteiger partial charge < -0.3 is 28.4 Å². The van der Waals surface area contributed by atoms with Crippen molar-refractivity contribution in [2.24, 2.45) is 9.98 Å². The Labute approximate surface area is 466 Å². The molecule has 0 saturated carbocycles. The third kappa shape index (κ3) is 20.5. The molecular weight excluding hydrogens is 989 g/mol. The van der Waals surface area contributed by atoms with Crippen LogP contribution in [0.15, 0.2) is 175 Å². The minimum absolute atomic E-state index is 0.350. The minimum Gasteiger partial charge on any atom is -0.494 e. The van der Waals surface area contributed by atoms with Gasteiger partial charge in [-0.25, -0.2) is 19.6 Å². The van der Waals surface area contributed by atoms with Gasteiger partial charge in [-0.15, -0.1) is 0 Å². The highest BCUT2D eigenvalue weighted by Crippen LogP contribution is 2.33. The molecule has 410 valence electrons. The van der Waals surface area contributed by atoms with Crippen LogP contribution >= 0.6 is 0 Å². The first kappa shape index (κ1) is 58.3. The summed E-state index contributed by atoms with van der Waals surface area (Å²) in [6.45, 7) is 12.2. The third-order valence-electron chi connectivity index (χ3n) is 12.9. The van der Waals surface area contributed by atoms with E-state index in [1.54, 1.807) is 0 Å². The number of ether oxygens (including phenoxy) is 6. The predicted molar refractivity (Wildman–Crippen MR) is 318 cm³/mol. The highest BCUT2D eigenvalue weighted by atomic mass is 16.5. The molecule has 0 bridgehead atoms. The maximum absolute atomic E-state index is 11.2. The van der Waals surface area contributed by atoms with Gasteiger partial charge in [-0.05, 0) is 159 Å². The van der Waals surface area contributed by atoms with Crippen LogP contribution in [0.5, 0.6) is 23.0 Å². The molecule has 1 heterocycles. The number of fused-ring (bicyclic) bond motifs is 1. The average Bonchev–Trinajstić information content (AvgIpc) is 3.49.